The average Bonchev–Trinajstić information content (AvgIpc) is 2.70. The first-order chi connectivity index (χ1) is 13.4. The lowest BCUT2D eigenvalue weighted by Crippen LogP contribution is -2.50. The Morgan fingerprint density at radius 2 is 1.54 bits per heavy atom. The summed E-state index contributed by atoms with van der Waals surface area (Å²) in [6, 6.07) is 20.1. The van der Waals surface area contributed by atoms with Gasteiger partial charge in [0.15, 0.2) is 0 Å². The zero-order valence-electron chi connectivity index (χ0n) is 15.5. The fourth-order valence-corrected chi connectivity index (χ4v) is 3.02. The number of phenols is 1. The molecule has 0 saturated heterocycles. The maximum absolute atomic E-state index is 13.9. The Bertz CT molecular complexity index is 954. The van der Waals surface area contributed by atoms with Gasteiger partial charge in [0, 0.05) is 12.0 Å². The Balaban J connectivity index is 1.73. The summed E-state index contributed by atoms with van der Waals surface area (Å²) in [5.74, 6) is -0.516. The van der Waals surface area contributed by atoms with Crippen molar-refractivity contribution in [2.45, 2.75) is 18.9 Å². The molecule has 0 aliphatic carbocycles. The Morgan fingerprint density at radius 1 is 0.964 bits per heavy atom. The summed E-state index contributed by atoms with van der Waals surface area (Å²) in [7, 11) is 0. The Hall–Kier alpha value is -3.18. The topological polar surface area (TPSA) is 69.6 Å². The molecular formula is C23H22FNO3. The molecule has 0 heterocycles. The lowest BCUT2D eigenvalue weighted by atomic mass is 9.92. The summed E-state index contributed by atoms with van der Waals surface area (Å²) >= 11 is 0. The van der Waals surface area contributed by atoms with Crippen LogP contribution >= 0.6 is 0 Å². The molecule has 0 bridgehead atoms. The number of nitrogens with one attached hydrogen (secondary N) is 1. The standard InChI is InChI=1S/C23H22FNO3/c1-23(15-26,14-19-4-2-3-5-21(19)24)25-22(28)18-8-6-16(7-9-18)17-10-12-20(27)13-11-17/h2-13,26-27H,14-15H2,1H3,(H,25,28). The van der Waals surface area contributed by atoms with Gasteiger partial charge in [0.25, 0.3) is 5.91 Å². The minimum atomic E-state index is -0.991. The third-order valence-corrected chi connectivity index (χ3v) is 4.65. The number of aromatic hydroxyl groups is 1. The molecule has 5 heteroatoms. The van der Waals surface area contributed by atoms with Gasteiger partial charge in [0.05, 0.1) is 12.1 Å². The Kier molecular flexibility index (Phi) is 5.76. The number of phenolic OH excluding ortho intramolecular Hbond substituents is 1. The smallest absolute Gasteiger partial charge is 0.251 e. The summed E-state index contributed by atoms with van der Waals surface area (Å²) in [6.07, 6.45) is 0.174. The molecule has 0 aromatic heterocycles. The molecule has 3 aromatic rings. The number of halogens is 1. The highest BCUT2D eigenvalue weighted by atomic mass is 19.1. The molecule has 0 fully saturated rings. The van der Waals surface area contributed by atoms with Gasteiger partial charge in [-0.15, -0.1) is 0 Å². The fraction of sp³-hybridized carbons (Fsp3) is 0.174. The molecule has 0 aliphatic rings. The van der Waals surface area contributed by atoms with Crippen molar-refractivity contribution in [3.63, 3.8) is 0 Å². The summed E-state index contributed by atoms with van der Waals surface area (Å²) in [4.78, 5) is 12.6. The molecule has 3 aromatic carbocycles. The number of aliphatic hydroxyl groups is 1. The van der Waals surface area contributed by atoms with Crippen LogP contribution in [0.3, 0.4) is 0 Å². The van der Waals surface area contributed by atoms with Gasteiger partial charge in [-0.1, -0.05) is 42.5 Å². The third kappa shape index (κ3) is 4.56. The minimum absolute atomic E-state index is 0.174. The van der Waals surface area contributed by atoms with Gasteiger partial charge in [0.2, 0.25) is 0 Å². The first-order valence-corrected chi connectivity index (χ1v) is 8.96. The molecule has 0 radical (unpaired) electrons. The SMILES string of the molecule is CC(CO)(Cc1ccccc1F)NC(=O)c1ccc(-c2ccc(O)cc2)cc1. The van der Waals surface area contributed by atoms with Crippen LogP contribution in [0.2, 0.25) is 0 Å². The van der Waals surface area contributed by atoms with Gasteiger partial charge in [-0.2, -0.15) is 0 Å². The predicted molar refractivity (Wildman–Crippen MR) is 107 cm³/mol. The monoisotopic (exact) mass is 379 g/mol. The van der Waals surface area contributed by atoms with E-state index in [1.165, 1.54) is 6.07 Å². The molecule has 1 unspecified atom stereocenters. The van der Waals surface area contributed by atoms with E-state index in [1.807, 2.05) is 12.1 Å². The van der Waals surface area contributed by atoms with Gasteiger partial charge >= 0.3 is 0 Å². The van der Waals surface area contributed by atoms with Crippen LogP contribution in [-0.2, 0) is 6.42 Å². The Labute approximate surface area is 163 Å². The summed E-state index contributed by atoms with van der Waals surface area (Å²) < 4.78 is 13.9. The molecule has 3 N–H and O–H groups in total. The van der Waals surface area contributed by atoms with Crippen molar-refractivity contribution in [2.24, 2.45) is 0 Å². The molecule has 28 heavy (non-hydrogen) atoms. The van der Waals surface area contributed by atoms with E-state index in [4.69, 9.17) is 0 Å². The lowest BCUT2D eigenvalue weighted by Gasteiger charge is -2.29. The molecule has 1 atom stereocenters. The first-order valence-electron chi connectivity index (χ1n) is 8.96. The molecule has 144 valence electrons. The molecule has 4 nitrogen and oxygen atoms in total. The van der Waals surface area contributed by atoms with Crippen molar-refractivity contribution in [1.82, 2.24) is 5.32 Å². The van der Waals surface area contributed by atoms with Crippen molar-refractivity contribution in [1.29, 1.82) is 0 Å². The van der Waals surface area contributed by atoms with Crippen molar-refractivity contribution < 1.29 is 19.4 Å². The molecule has 1 amide bonds. The number of carbonyl (C=O) groups is 1. The largest absolute Gasteiger partial charge is 0.508 e. The van der Waals surface area contributed by atoms with E-state index < -0.39 is 5.54 Å². The number of hydrogen-bond acceptors (Lipinski definition) is 3. The highest BCUT2D eigenvalue weighted by Crippen LogP contribution is 2.23. The number of amides is 1. The lowest BCUT2D eigenvalue weighted by molar-refractivity contribution is 0.0851. The number of aliphatic hydroxyl groups excluding tert-OH is 1. The minimum Gasteiger partial charge on any atom is -0.508 e. The van der Waals surface area contributed by atoms with E-state index in [0.29, 0.717) is 11.1 Å². The highest BCUT2D eigenvalue weighted by molar-refractivity contribution is 5.95. The van der Waals surface area contributed by atoms with Crippen molar-refractivity contribution in [3.05, 3.63) is 89.7 Å². The highest BCUT2D eigenvalue weighted by Gasteiger charge is 2.27. The van der Waals surface area contributed by atoms with E-state index in [9.17, 15) is 19.4 Å². The van der Waals surface area contributed by atoms with Crippen LogP contribution in [0.5, 0.6) is 5.75 Å². The summed E-state index contributed by atoms with van der Waals surface area (Å²) in [6.45, 7) is 1.36. The van der Waals surface area contributed by atoms with E-state index >= 15 is 0 Å². The molecule has 0 spiro atoms. The van der Waals surface area contributed by atoms with Crippen molar-refractivity contribution in [2.75, 3.05) is 6.61 Å². The molecule has 3 rings (SSSR count). The van der Waals surface area contributed by atoms with Gasteiger partial charge in [-0.3, -0.25) is 4.79 Å². The normalized spacial score (nSPS) is 13.0. The van der Waals surface area contributed by atoms with E-state index in [-0.39, 0.29) is 30.5 Å². The maximum Gasteiger partial charge on any atom is 0.251 e. The number of benzene rings is 3. The summed E-state index contributed by atoms with van der Waals surface area (Å²) in [5.41, 5.74) is 1.71. The average molecular weight is 379 g/mol. The van der Waals surface area contributed by atoms with Crippen LogP contribution < -0.4 is 5.32 Å². The number of rotatable bonds is 6. The number of carbonyl (C=O) groups excluding carboxylic acids is 1. The first kappa shape index (κ1) is 19.6. The second-order valence-electron chi connectivity index (χ2n) is 7.07. The second kappa shape index (κ2) is 8.23. The van der Waals surface area contributed by atoms with Crippen LogP contribution in [0, 0.1) is 5.82 Å². The third-order valence-electron chi connectivity index (χ3n) is 4.65. The van der Waals surface area contributed by atoms with Gasteiger partial charge in [0.1, 0.15) is 11.6 Å². The van der Waals surface area contributed by atoms with Gasteiger partial charge in [-0.25, -0.2) is 4.39 Å². The van der Waals surface area contributed by atoms with Gasteiger partial charge < -0.3 is 15.5 Å². The van der Waals surface area contributed by atoms with Crippen molar-refractivity contribution in [3.8, 4) is 16.9 Å². The molecular weight excluding hydrogens is 357 g/mol. The molecule has 0 saturated carbocycles. The van der Waals surface area contributed by atoms with Crippen molar-refractivity contribution >= 4 is 5.91 Å². The Morgan fingerprint density at radius 3 is 2.11 bits per heavy atom. The summed E-state index contributed by atoms with van der Waals surface area (Å²) in [5, 5.41) is 22.0. The van der Waals surface area contributed by atoms with E-state index in [1.54, 1.807) is 61.5 Å². The van der Waals surface area contributed by atoms with Crippen LogP contribution in [-0.4, -0.2) is 28.3 Å². The van der Waals surface area contributed by atoms with E-state index in [2.05, 4.69) is 5.32 Å². The van der Waals surface area contributed by atoms with E-state index in [0.717, 1.165) is 11.1 Å². The van der Waals surface area contributed by atoms with Crippen LogP contribution in [0.4, 0.5) is 4.39 Å². The quantitative estimate of drug-likeness (QED) is 0.608. The van der Waals surface area contributed by atoms with Crippen LogP contribution in [0.15, 0.2) is 72.8 Å². The number of hydrogen-bond donors (Lipinski definition) is 3. The zero-order valence-corrected chi connectivity index (χ0v) is 15.5. The maximum atomic E-state index is 13.9. The van der Waals surface area contributed by atoms with Crippen LogP contribution in [0.1, 0.15) is 22.8 Å². The fourth-order valence-electron chi connectivity index (χ4n) is 3.02. The second-order valence-corrected chi connectivity index (χ2v) is 7.07. The molecule has 0 aliphatic heterocycles. The zero-order chi connectivity index (χ0) is 20.1. The van der Waals surface area contributed by atoms with Gasteiger partial charge in [-0.05, 0) is 53.9 Å². The predicted octanol–water partition coefficient (Wildman–Crippen LogP) is 3.92. The van der Waals surface area contributed by atoms with Crippen LogP contribution in [0.25, 0.3) is 11.1 Å².